The minimum atomic E-state index is -4.48. The van der Waals surface area contributed by atoms with Crippen LogP contribution >= 0.6 is 0 Å². The van der Waals surface area contributed by atoms with Gasteiger partial charge in [0.25, 0.3) is 0 Å². The second kappa shape index (κ2) is 11.1. The van der Waals surface area contributed by atoms with Gasteiger partial charge >= 0.3 is 12.1 Å². The molecule has 1 aliphatic heterocycles. The quantitative estimate of drug-likeness (QED) is 0.284. The Bertz CT molecular complexity index is 1450. The summed E-state index contributed by atoms with van der Waals surface area (Å²) >= 11 is 0. The molecule has 0 amide bonds. The van der Waals surface area contributed by atoms with Gasteiger partial charge in [0, 0.05) is 29.7 Å². The number of hydrogen-bond acceptors (Lipinski definition) is 5. The number of likely N-dealkylation sites (N-methyl/N-ethyl adjacent to an activating group) is 1. The number of aromatic carboxylic acids is 1. The molecule has 0 unspecified atom stereocenters. The molecule has 3 aromatic rings. The summed E-state index contributed by atoms with van der Waals surface area (Å²) in [6.07, 6.45) is -4.02. The smallest absolute Gasteiger partial charge is 0.406 e. The van der Waals surface area contributed by atoms with Crippen molar-refractivity contribution in [1.29, 1.82) is 0 Å². The third-order valence-electron chi connectivity index (χ3n) is 6.08. The Morgan fingerprint density at radius 3 is 2.66 bits per heavy atom. The number of nitrogens with zero attached hydrogens (tertiary/aromatic N) is 2. The van der Waals surface area contributed by atoms with E-state index in [2.05, 4.69) is 22.5 Å². The van der Waals surface area contributed by atoms with Crippen molar-refractivity contribution in [1.82, 2.24) is 9.47 Å². The molecule has 0 saturated carbocycles. The molecule has 2 aromatic carbocycles. The first-order valence-electron chi connectivity index (χ1n) is 11.7. The Hall–Kier alpha value is -4.17. The van der Waals surface area contributed by atoms with Crippen LogP contribution in [0.25, 0.3) is 10.9 Å². The number of carboxylic acids is 1. The fourth-order valence-electron chi connectivity index (χ4n) is 4.23. The van der Waals surface area contributed by atoms with Crippen LogP contribution in [0.2, 0.25) is 0 Å². The second-order valence-electron chi connectivity index (χ2n) is 8.84. The number of hydrogen-bond donors (Lipinski definition) is 3. The number of fused-ring (bicyclic) bond motifs is 1. The van der Waals surface area contributed by atoms with Crippen LogP contribution in [0.1, 0.15) is 22.5 Å². The first-order chi connectivity index (χ1) is 18.1. The van der Waals surface area contributed by atoms with Crippen molar-refractivity contribution in [2.45, 2.75) is 19.1 Å². The molecule has 3 N–H and O–H groups in total. The number of halogens is 4. The lowest BCUT2D eigenvalue weighted by Crippen LogP contribution is -2.28. The first kappa shape index (κ1) is 26.9. The summed E-state index contributed by atoms with van der Waals surface area (Å²) in [5.41, 5.74) is 1.93. The van der Waals surface area contributed by atoms with E-state index in [9.17, 15) is 22.4 Å². The van der Waals surface area contributed by atoms with Gasteiger partial charge in [-0.25, -0.2) is 9.18 Å². The van der Waals surface area contributed by atoms with Gasteiger partial charge in [0.05, 0.1) is 42.7 Å². The number of anilines is 2. The molecule has 0 atom stereocenters. The van der Waals surface area contributed by atoms with Crippen LogP contribution in [0.15, 0.2) is 54.0 Å². The fraction of sp³-hybridized carbons (Fsp3) is 0.296. The van der Waals surface area contributed by atoms with E-state index in [0.717, 1.165) is 4.57 Å². The van der Waals surface area contributed by atoms with Crippen LogP contribution in [-0.2, 0) is 6.54 Å². The van der Waals surface area contributed by atoms with E-state index in [0.29, 0.717) is 46.7 Å². The topological polar surface area (TPSA) is 78.8 Å². The molecular weight excluding hydrogens is 504 g/mol. The van der Waals surface area contributed by atoms with Crippen molar-refractivity contribution in [3.63, 3.8) is 0 Å². The van der Waals surface area contributed by atoms with Crippen molar-refractivity contribution in [2.75, 3.05) is 44.4 Å². The highest BCUT2D eigenvalue weighted by Crippen LogP contribution is 2.32. The monoisotopic (exact) mass is 530 g/mol. The van der Waals surface area contributed by atoms with Gasteiger partial charge in [0.1, 0.15) is 18.1 Å². The third kappa shape index (κ3) is 6.20. The maximum Gasteiger partial charge on any atom is 0.406 e. The average molecular weight is 531 g/mol. The van der Waals surface area contributed by atoms with E-state index in [1.807, 2.05) is 11.9 Å². The molecule has 0 radical (unpaired) electrons. The van der Waals surface area contributed by atoms with Crippen LogP contribution in [0.3, 0.4) is 0 Å². The van der Waals surface area contributed by atoms with E-state index in [1.54, 1.807) is 24.3 Å². The lowest BCUT2D eigenvalue weighted by Gasteiger charge is -2.24. The van der Waals surface area contributed by atoms with E-state index in [-0.39, 0.29) is 30.2 Å². The van der Waals surface area contributed by atoms with Gasteiger partial charge in [-0.15, -0.1) is 0 Å². The van der Waals surface area contributed by atoms with Crippen molar-refractivity contribution in [3.05, 3.63) is 65.2 Å². The van der Waals surface area contributed by atoms with E-state index in [1.165, 1.54) is 25.3 Å². The standard InChI is InChI=1S/C27H26F4N4O3/c1-34-12-10-22(20(28)15-34)33-21-6-3-7-24-19(21)14-18(35(24)16-27(29,30)31)5-4-11-32-23-9-8-17(26(36)37)13-25(23)38-2/h3,6-9,13-14,32-33H,10-12,15-16H2,1-2H3,(H,36,37). The predicted octanol–water partition coefficient (Wildman–Crippen LogP) is 5.30. The Labute approximate surface area is 216 Å². The van der Waals surface area contributed by atoms with Gasteiger partial charge in [0.2, 0.25) is 0 Å². The molecule has 0 fully saturated rings. The SMILES string of the molecule is COc1cc(C(=O)O)ccc1NCC#Cc1cc2c(NC3=C(F)CN(C)CC3)cccc2n1CC(F)(F)F. The van der Waals surface area contributed by atoms with Crippen molar-refractivity contribution >= 4 is 28.2 Å². The largest absolute Gasteiger partial charge is 0.495 e. The number of carboxylic acid groups (broad SMARTS) is 1. The second-order valence-corrected chi connectivity index (χ2v) is 8.84. The summed E-state index contributed by atoms with van der Waals surface area (Å²) in [5, 5.41) is 15.7. The van der Waals surface area contributed by atoms with Crippen molar-refractivity contribution in [3.8, 4) is 17.6 Å². The number of rotatable bonds is 7. The Morgan fingerprint density at radius 2 is 1.97 bits per heavy atom. The molecule has 2 heterocycles. The Balaban J connectivity index is 1.63. The van der Waals surface area contributed by atoms with Gasteiger partial charge in [0.15, 0.2) is 0 Å². The molecule has 1 aromatic heterocycles. The number of carbonyl (C=O) groups is 1. The number of methoxy groups -OCH3 is 1. The van der Waals surface area contributed by atoms with Crippen LogP contribution in [-0.4, -0.2) is 60.5 Å². The zero-order valence-corrected chi connectivity index (χ0v) is 20.7. The fourth-order valence-corrected chi connectivity index (χ4v) is 4.23. The Morgan fingerprint density at radius 1 is 1.18 bits per heavy atom. The molecule has 7 nitrogen and oxygen atoms in total. The molecule has 200 valence electrons. The molecule has 0 bridgehead atoms. The summed E-state index contributed by atoms with van der Waals surface area (Å²) in [5.74, 6) is 4.52. The maximum absolute atomic E-state index is 14.5. The molecule has 0 aliphatic carbocycles. The highest BCUT2D eigenvalue weighted by Gasteiger charge is 2.30. The van der Waals surface area contributed by atoms with Gasteiger partial charge in [-0.05, 0) is 49.4 Å². The maximum atomic E-state index is 14.5. The highest BCUT2D eigenvalue weighted by atomic mass is 19.4. The highest BCUT2D eigenvalue weighted by molar-refractivity contribution is 5.94. The van der Waals surface area contributed by atoms with E-state index in [4.69, 9.17) is 9.84 Å². The Kier molecular flexibility index (Phi) is 7.83. The molecular formula is C27H26F4N4O3. The summed E-state index contributed by atoms with van der Waals surface area (Å²) in [6.45, 7) is -0.341. The number of ether oxygens (including phenoxy) is 1. The average Bonchev–Trinajstić information content (AvgIpc) is 3.20. The first-order valence-corrected chi connectivity index (χ1v) is 11.7. The van der Waals surface area contributed by atoms with Gasteiger partial charge in [-0.3, -0.25) is 4.90 Å². The van der Waals surface area contributed by atoms with E-state index < -0.39 is 18.7 Å². The van der Waals surface area contributed by atoms with Crippen LogP contribution < -0.4 is 15.4 Å². The number of nitrogens with one attached hydrogen (secondary N) is 2. The summed E-state index contributed by atoms with van der Waals surface area (Å²) < 4.78 is 61.2. The van der Waals surface area contributed by atoms with Crippen LogP contribution in [0, 0.1) is 11.8 Å². The summed E-state index contributed by atoms with van der Waals surface area (Å²) in [4.78, 5) is 13.0. The van der Waals surface area contributed by atoms with Gasteiger partial charge in [-0.1, -0.05) is 12.0 Å². The lowest BCUT2D eigenvalue weighted by atomic mass is 10.1. The molecule has 0 spiro atoms. The van der Waals surface area contributed by atoms with Crippen molar-refractivity contribution < 1.29 is 32.2 Å². The number of aromatic nitrogens is 1. The lowest BCUT2D eigenvalue weighted by molar-refractivity contribution is -0.140. The third-order valence-corrected chi connectivity index (χ3v) is 6.08. The van der Waals surface area contributed by atoms with Gasteiger partial charge in [-0.2, -0.15) is 13.2 Å². The van der Waals surface area contributed by atoms with Crippen molar-refractivity contribution in [2.24, 2.45) is 0 Å². The summed E-state index contributed by atoms with van der Waals surface area (Å²) in [6, 6.07) is 10.7. The molecule has 4 rings (SSSR count). The number of benzene rings is 2. The van der Waals surface area contributed by atoms with Gasteiger partial charge < -0.3 is 25.0 Å². The minimum Gasteiger partial charge on any atom is -0.495 e. The predicted molar refractivity (Wildman–Crippen MR) is 137 cm³/mol. The molecule has 1 aliphatic rings. The minimum absolute atomic E-state index is 0.0513. The van der Waals surface area contributed by atoms with Crippen LogP contribution in [0.4, 0.5) is 28.9 Å². The van der Waals surface area contributed by atoms with Crippen LogP contribution in [0.5, 0.6) is 5.75 Å². The molecule has 0 saturated heterocycles. The molecule has 38 heavy (non-hydrogen) atoms. The van der Waals surface area contributed by atoms with E-state index >= 15 is 0 Å². The zero-order valence-electron chi connectivity index (χ0n) is 20.7. The normalized spacial score (nSPS) is 14.3. The zero-order chi connectivity index (χ0) is 27.4. The number of alkyl halides is 3. The summed E-state index contributed by atoms with van der Waals surface area (Å²) in [7, 11) is 3.21. The molecule has 11 heteroatoms.